The van der Waals surface area contributed by atoms with Gasteiger partial charge in [-0.2, -0.15) is 0 Å². The fourth-order valence-corrected chi connectivity index (χ4v) is 3.38. The van der Waals surface area contributed by atoms with Crippen LogP contribution in [0.4, 0.5) is 0 Å². The quantitative estimate of drug-likeness (QED) is 0.823. The van der Waals surface area contributed by atoms with Gasteiger partial charge in [-0.25, -0.2) is 0 Å². The van der Waals surface area contributed by atoms with E-state index in [0.717, 1.165) is 25.9 Å². The molecule has 2 aliphatic rings. The highest BCUT2D eigenvalue weighted by atomic mass is 16.5. The summed E-state index contributed by atoms with van der Waals surface area (Å²) in [4.78, 5) is 13.7. The van der Waals surface area contributed by atoms with Crippen LogP contribution >= 0.6 is 0 Å². The van der Waals surface area contributed by atoms with E-state index in [1.807, 2.05) is 12.0 Å². The second-order valence-corrected chi connectivity index (χ2v) is 5.92. The highest BCUT2D eigenvalue weighted by molar-refractivity contribution is 5.77. The number of nitrogens with one attached hydrogen (secondary N) is 1. The molecule has 0 aromatic rings. The number of piperidine rings is 1. The van der Waals surface area contributed by atoms with Crippen LogP contribution in [0, 0.1) is 0 Å². The molecule has 2 rings (SSSR count). The lowest BCUT2D eigenvalue weighted by Gasteiger charge is -2.38. The lowest BCUT2D eigenvalue weighted by atomic mass is 9.91. The Balaban J connectivity index is 1.74. The molecule has 2 fully saturated rings. The van der Waals surface area contributed by atoms with Gasteiger partial charge < -0.3 is 19.7 Å². The molecule has 0 aromatic carbocycles. The lowest BCUT2D eigenvalue weighted by Crippen LogP contribution is -2.52. The zero-order valence-electron chi connectivity index (χ0n) is 12.8. The number of rotatable bonds is 5. The Morgan fingerprint density at radius 3 is 2.50 bits per heavy atom. The summed E-state index contributed by atoms with van der Waals surface area (Å²) >= 11 is 0. The van der Waals surface area contributed by atoms with E-state index in [1.165, 1.54) is 25.7 Å². The molecular weight excluding hydrogens is 256 g/mol. The molecule has 1 amide bonds. The molecule has 2 unspecified atom stereocenters. The van der Waals surface area contributed by atoms with Crippen molar-refractivity contribution in [2.75, 3.05) is 33.9 Å². The SMILES string of the molecule is COCC(=O)N1CCC(NC2CCCCC2OC)CC1. The van der Waals surface area contributed by atoms with Crippen molar-refractivity contribution in [3.63, 3.8) is 0 Å². The molecule has 116 valence electrons. The summed E-state index contributed by atoms with van der Waals surface area (Å²) in [5, 5.41) is 3.76. The second kappa shape index (κ2) is 7.96. The highest BCUT2D eigenvalue weighted by Gasteiger charge is 2.29. The number of amides is 1. The summed E-state index contributed by atoms with van der Waals surface area (Å²) in [5.74, 6) is 0.110. The Kier molecular flexibility index (Phi) is 6.26. The van der Waals surface area contributed by atoms with Crippen molar-refractivity contribution in [3.8, 4) is 0 Å². The third-order valence-electron chi connectivity index (χ3n) is 4.57. The summed E-state index contributed by atoms with van der Waals surface area (Å²) in [5.41, 5.74) is 0. The van der Waals surface area contributed by atoms with Crippen molar-refractivity contribution in [2.45, 2.75) is 56.7 Å². The van der Waals surface area contributed by atoms with Gasteiger partial charge in [-0.15, -0.1) is 0 Å². The van der Waals surface area contributed by atoms with Crippen LogP contribution in [0.5, 0.6) is 0 Å². The molecule has 1 saturated carbocycles. The van der Waals surface area contributed by atoms with E-state index in [1.54, 1.807) is 7.11 Å². The van der Waals surface area contributed by atoms with Crippen LogP contribution in [0.2, 0.25) is 0 Å². The molecule has 0 bridgehead atoms. The molecule has 20 heavy (non-hydrogen) atoms. The first kappa shape index (κ1) is 15.7. The van der Waals surface area contributed by atoms with Crippen molar-refractivity contribution >= 4 is 5.91 Å². The first-order chi connectivity index (χ1) is 9.74. The summed E-state index contributed by atoms with van der Waals surface area (Å²) in [6.45, 7) is 1.88. The van der Waals surface area contributed by atoms with Crippen molar-refractivity contribution in [3.05, 3.63) is 0 Å². The van der Waals surface area contributed by atoms with Gasteiger partial charge in [-0.05, 0) is 25.7 Å². The van der Waals surface area contributed by atoms with E-state index in [4.69, 9.17) is 9.47 Å². The monoisotopic (exact) mass is 284 g/mol. The van der Waals surface area contributed by atoms with Crippen molar-refractivity contribution in [1.82, 2.24) is 10.2 Å². The zero-order valence-corrected chi connectivity index (χ0v) is 12.8. The molecule has 2 atom stereocenters. The van der Waals surface area contributed by atoms with Gasteiger partial charge in [-0.3, -0.25) is 4.79 Å². The maximum absolute atomic E-state index is 11.8. The van der Waals surface area contributed by atoms with Crippen molar-refractivity contribution < 1.29 is 14.3 Å². The average molecular weight is 284 g/mol. The van der Waals surface area contributed by atoms with Gasteiger partial charge >= 0.3 is 0 Å². The van der Waals surface area contributed by atoms with Crippen LogP contribution in [0.1, 0.15) is 38.5 Å². The van der Waals surface area contributed by atoms with Gasteiger partial charge in [0.25, 0.3) is 0 Å². The number of ether oxygens (including phenoxy) is 2. The van der Waals surface area contributed by atoms with E-state index < -0.39 is 0 Å². The smallest absolute Gasteiger partial charge is 0.248 e. The molecule has 0 aromatic heterocycles. The molecule has 1 aliphatic heterocycles. The largest absolute Gasteiger partial charge is 0.380 e. The molecule has 1 aliphatic carbocycles. The number of methoxy groups -OCH3 is 2. The Labute approximate surface area is 122 Å². The number of carbonyl (C=O) groups is 1. The molecule has 1 heterocycles. The van der Waals surface area contributed by atoms with Crippen LogP contribution in [0.3, 0.4) is 0 Å². The third-order valence-corrected chi connectivity index (χ3v) is 4.57. The molecule has 5 nitrogen and oxygen atoms in total. The lowest BCUT2D eigenvalue weighted by molar-refractivity contribution is -0.136. The highest BCUT2D eigenvalue weighted by Crippen LogP contribution is 2.22. The summed E-state index contributed by atoms with van der Waals surface area (Å²) in [6, 6.07) is 1.00. The van der Waals surface area contributed by atoms with Crippen LogP contribution < -0.4 is 5.32 Å². The molecule has 1 N–H and O–H groups in total. The van der Waals surface area contributed by atoms with Gasteiger partial charge in [0, 0.05) is 39.4 Å². The number of carbonyl (C=O) groups excluding carboxylic acids is 1. The second-order valence-electron chi connectivity index (χ2n) is 5.92. The average Bonchev–Trinajstić information content (AvgIpc) is 2.49. The number of nitrogens with zero attached hydrogens (tertiary/aromatic N) is 1. The van der Waals surface area contributed by atoms with Crippen LogP contribution in [0.15, 0.2) is 0 Å². The first-order valence-electron chi connectivity index (χ1n) is 7.80. The number of hydrogen-bond donors (Lipinski definition) is 1. The van der Waals surface area contributed by atoms with Gasteiger partial charge in [0.2, 0.25) is 5.91 Å². The standard InChI is InChI=1S/C15H28N2O3/c1-19-11-15(18)17-9-7-12(8-10-17)16-13-5-3-4-6-14(13)20-2/h12-14,16H,3-11H2,1-2H3. The Bertz CT molecular complexity index is 303. The van der Waals surface area contributed by atoms with Gasteiger partial charge in [0.1, 0.15) is 6.61 Å². The Morgan fingerprint density at radius 1 is 1.15 bits per heavy atom. The Morgan fingerprint density at radius 2 is 1.85 bits per heavy atom. The summed E-state index contributed by atoms with van der Waals surface area (Å²) in [7, 11) is 3.39. The van der Waals surface area contributed by atoms with Gasteiger partial charge in [-0.1, -0.05) is 12.8 Å². The summed E-state index contributed by atoms with van der Waals surface area (Å²) in [6.07, 6.45) is 7.37. The van der Waals surface area contributed by atoms with E-state index in [0.29, 0.717) is 18.2 Å². The maximum Gasteiger partial charge on any atom is 0.248 e. The minimum atomic E-state index is 0.110. The Hall–Kier alpha value is -0.650. The topological polar surface area (TPSA) is 50.8 Å². The predicted molar refractivity (Wildman–Crippen MR) is 77.7 cm³/mol. The minimum Gasteiger partial charge on any atom is -0.380 e. The van der Waals surface area contributed by atoms with Gasteiger partial charge in [0.15, 0.2) is 0 Å². The fourth-order valence-electron chi connectivity index (χ4n) is 3.38. The zero-order chi connectivity index (χ0) is 14.4. The molecule has 5 heteroatoms. The van der Waals surface area contributed by atoms with E-state index in [2.05, 4.69) is 5.32 Å². The van der Waals surface area contributed by atoms with Crippen LogP contribution in [-0.2, 0) is 14.3 Å². The number of hydrogen-bond acceptors (Lipinski definition) is 4. The summed E-state index contributed by atoms with van der Waals surface area (Å²) < 4.78 is 10.5. The van der Waals surface area contributed by atoms with Crippen LogP contribution in [0.25, 0.3) is 0 Å². The predicted octanol–water partition coefficient (Wildman–Crippen LogP) is 1.17. The first-order valence-corrected chi connectivity index (χ1v) is 7.80. The normalized spacial score (nSPS) is 28.6. The van der Waals surface area contributed by atoms with Crippen LogP contribution in [-0.4, -0.2) is 62.9 Å². The molecular formula is C15H28N2O3. The molecule has 0 radical (unpaired) electrons. The van der Waals surface area contributed by atoms with Gasteiger partial charge in [0.05, 0.1) is 6.10 Å². The van der Waals surface area contributed by atoms with Crippen molar-refractivity contribution in [2.24, 2.45) is 0 Å². The number of likely N-dealkylation sites (tertiary alicyclic amines) is 1. The fraction of sp³-hybridized carbons (Fsp3) is 0.933. The third kappa shape index (κ3) is 4.17. The van der Waals surface area contributed by atoms with E-state index in [-0.39, 0.29) is 12.5 Å². The van der Waals surface area contributed by atoms with Crippen molar-refractivity contribution in [1.29, 1.82) is 0 Å². The maximum atomic E-state index is 11.8. The minimum absolute atomic E-state index is 0.110. The van der Waals surface area contributed by atoms with E-state index in [9.17, 15) is 4.79 Å². The molecule has 0 spiro atoms. The molecule has 1 saturated heterocycles. The van der Waals surface area contributed by atoms with E-state index >= 15 is 0 Å².